The number of amides is 1. The molecule has 0 spiro atoms. The first-order valence-corrected chi connectivity index (χ1v) is 15.8. The van der Waals surface area contributed by atoms with E-state index in [2.05, 4.69) is 38.2 Å². The molecule has 0 bridgehead atoms. The van der Waals surface area contributed by atoms with Crippen molar-refractivity contribution >= 4 is 5.91 Å². The first kappa shape index (κ1) is 28.5. The predicted octanol–water partition coefficient (Wildman–Crippen LogP) is 9.69. The Bertz CT molecular complexity index is 669. The molecule has 0 aliphatic heterocycles. The second kappa shape index (κ2) is 15.9. The van der Waals surface area contributed by atoms with E-state index in [9.17, 15) is 4.79 Å². The lowest BCUT2D eigenvalue weighted by molar-refractivity contribution is -0.122. The van der Waals surface area contributed by atoms with E-state index in [0.29, 0.717) is 24.3 Å². The van der Waals surface area contributed by atoms with Gasteiger partial charge in [-0.25, -0.2) is 0 Å². The lowest BCUT2D eigenvalue weighted by atomic mass is 9.68. The van der Waals surface area contributed by atoms with Crippen molar-refractivity contribution in [3.05, 3.63) is 23.3 Å². The number of carbonyl (C=O) groups is 1. The molecule has 0 heterocycles. The van der Waals surface area contributed by atoms with Crippen LogP contribution in [0.1, 0.15) is 149 Å². The summed E-state index contributed by atoms with van der Waals surface area (Å²) < 4.78 is 0. The minimum absolute atomic E-state index is 0.299. The average Bonchev–Trinajstić information content (AvgIpc) is 3.26. The van der Waals surface area contributed by atoms with E-state index in [1.807, 2.05) is 0 Å². The average molecular weight is 484 g/mol. The zero-order chi connectivity index (χ0) is 24.9. The van der Waals surface area contributed by atoms with Crippen molar-refractivity contribution in [3.8, 4) is 0 Å². The van der Waals surface area contributed by atoms with Crippen LogP contribution in [-0.2, 0) is 4.79 Å². The van der Waals surface area contributed by atoms with Crippen LogP contribution < -0.4 is 5.32 Å². The highest BCUT2D eigenvalue weighted by Crippen LogP contribution is 2.52. The van der Waals surface area contributed by atoms with Gasteiger partial charge >= 0.3 is 0 Å². The van der Waals surface area contributed by atoms with Gasteiger partial charge in [0, 0.05) is 12.5 Å². The Morgan fingerprint density at radius 2 is 1.60 bits per heavy atom. The number of allylic oxidation sites excluding steroid dienone is 4. The second-order valence-corrected chi connectivity index (χ2v) is 12.2. The van der Waals surface area contributed by atoms with Gasteiger partial charge in [-0.05, 0) is 80.6 Å². The smallest absolute Gasteiger partial charge is 0.220 e. The summed E-state index contributed by atoms with van der Waals surface area (Å²) in [4.78, 5) is 12.8. The van der Waals surface area contributed by atoms with Gasteiger partial charge in [0.05, 0.1) is 0 Å². The quantitative estimate of drug-likeness (QED) is 0.205. The Balaban J connectivity index is 1.46. The largest absolute Gasteiger partial charge is 0.353 e. The molecule has 0 radical (unpaired) electrons. The van der Waals surface area contributed by atoms with Crippen LogP contribution in [0.5, 0.6) is 0 Å². The zero-order valence-corrected chi connectivity index (χ0v) is 23.6. The maximum Gasteiger partial charge on any atom is 0.220 e. The molecule has 1 amide bonds. The summed E-state index contributed by atoms with van der Waals surface area (Å²) in [5, 5.41) is 3.40. The maximum absolute atomic E-state index is 12.8. The van der Waals surface area contributed by atoms with E-state index in [1.54, 1.807) is 11.1 Å². The number of fused-ring (bicyclic) bond motifs is 1. The predicted molar refractivity (Wildman–Crippen MR) is 151 cm³/mol. The highest BCUT2D eigenvalue weighted by Gasteiger charge is 2.40. The van der Waals surface area contributed by atoms with E-state index >= 15 is 0 Å². The van der Waals surface area contributed by atoms with Crippen LogP contribution in [0.3, 0.4) is 0 Å². The molecule has 3 aliphatic rings. The van der Waals surface area contributed by atoms with Crippen molar-refractivity contribution in [2.45, 2.75) is 155 Å². The van der Waals surface area contributed by atoms with Crippen LogP contribution in [0.25, 0.3) is 0 Å². The van der Waals surface area contributed by atoms with E-state index in [-0.39, 0.29) is 0 Å². The standard InChI is InChI=1S/C33H57NO/c1-4-7-10-11-12-13-15-26-20-21-29-25-31-27(16-14-17-28(31)24-32(26)29)22-23-33(35)34-30(18-8-5-2)19-9-6-3/h14,17,26-27,29-30,32H,4-13,15-16,18-25H2,1-3H3,(H,34,35). The molecule has 35 heavy (non-hydrogen) atoms. The molecule has 1 fully saturated rings. The summed E-state index contributed by atoms with van der Waals surface area (Å²) in [7, 11) is 0. The normalized spacial score (nSPS) is 25.7. The molecule has 2 nitrogen and oxygen atoms in total. The third-order valence-electron chi connectivity index (χ3n) is 9.53. The third-order valence-corrected chi connectivity index (χ3v) is 9.53. The Morgan fingerprint density at radius 1 is 0.886 bits per heavy atom. The van der Waals surface area contributed by atoms with E-state index in [1.165, 1.54) is 96.3 Å². The van der Waals surface area contributed by atoms with Gasteiger partial charge in [-0.3, -0.25) is 4.79 Å². The van der Waals surface area contributed by atoms with E-state index in [0.717, 1.165) is 43.4 Å². The lowest BCUT2D eigenvalue weighted by Crippen LogP contribution is -2.35. The topological polar surface area (TPSA) is 29.1 Å². The molecule has 0 aromatic rings. The van der Waals surface area contributed by atoms with Gasteiger partial charge in [-0.15, -0.1) is 0 Å². The van der Waals surface area contributed by atoms with Crippen LogP contribution in [0.2, 0.25) is 0 Å². The molecule has 4 atom stereocenters. The van der Waals surface area contributed by atoms with Crippen molar-refractivity contribution in [2.75, 3.05) is 0 Å². The second-order valence-electron chi connectivity index (χ2n) is 12.2. The number of unbranched alkanes of at least 4 members (excludes halogenated alkanes) is 7. The molecule has 1 saturated carbocycles. The summed E-state index contributed by atoms with van der Waals surface area (Å²) >= 11 is 0. The van der Waals surface area contributed by atoms with Crippen molar-refractivity contribution in [1.82, 2.24) is 5.32 Å². The molecule has 4 unspecified atom stereocenters. The summed E-state index contributed by atoms with van der Waals surface area (Å²) in [5.74, 6) is 3.75. The molecule has 200 valence electrons. The minimum atomic E-state index is 0.299. The minimum Gasteiger partial charge on any atom is -0.353 e. The Labute approximate surface area is 218 Å². The molecule has 3 rings (SSSR count). The first-order valence-electron chi connectivity index (χ1n) is 15.8. The summed E-state index contributed by atoms with van der Waals surface area (Å²) in [6.07, 6.45) is 30.6. The van der Waals surface area contributed by atoms with Gasteiger partial charge in [-0.1, -0.05) is 109 Å². The Kier molecular flexibility index (Phi) is 13.0. The Hall–Kier alpha value is -1.05. The highest BCUT2D eigenvalue weighted by atomic mass is 16.1. The fraction of sp³-hybridized carbons (Fsp3) is 0.848. The third kappa shape index (κ3) is 9.08. The van der Waals surface area contributed by atoms with Crippen molar-refractivity contribution < 1.29 is 4.79 Å². The fourth-order valence-corrected chi connectivity index (χ4v) is 7.38. The number of rotatable bonds is 17. The molecule has 0 aromatic carbocycles. The number of hydrogen-bond acceptors (Lipinski definition) is 1. The molecule has 2 heteroatoms. The molecule has 0 saturated heterocycles. The van der Waals surface area contributed by atoms with Crippen molar-refractivity contribution in [1.29, 1.82) is 0 Å². The van der Waals surface area contributed by atoms with Gasteiger partial charge in [-0.2, -0.15) is 0 Å². The number of hydrogen-bond donors (Lipinski definition) is 1. The monoisotopic (exact) mass is 483 g/mol. The van der Waals surface area contributed by atoms with Gasteiger partial charge in [0.2, 0.25) is 5.91 Å². The molecular formula is C33H57NO. The van der Waals surface area contributed by atoms with Gasteiger partial charge in [0.25, 0.3) is 0 Å². The number of nitrogens with one attached hydrogen (secondary N) is 1. The van der Waals surface area contributed by atoms with Crippen LogP contribution in [0.15, 0.2) is 23.3 Å². The van der Waals surface area contributed by atoms with Crippen LogP contribution in [0, 0.1) is 23.7 Å². The van der Waals surface area contributed by atoms with Crippen molar-refractivity contribution in [2.24, 2.45) is 23.7 Å². The SMILES string of the molecule is CCCCCCCCC1CCC2CC3=C(C=CCC3CCC(=O)NC(CCCC)CCCC)CC12. The van der Waals surface area contributed by atoms with E-state index < -0.39 is 0 Å². The summed E-state index contributed by atoms with van der Waals surface area (Å²) in [5.41, 5.74) is 3.41. The summed E-state index contributed by atoms with van der Waals surface area (Å²) in [6, 6.07) is 0.390. The lowest BCUT2D eigenvalue weighted by Gasteiger charge is -2.37. The van der Waals surface area contributed by atoms with Gasteiger partial charge in [0.1, 0.15) is 0 Å². The zero-order valence-electron chi connectivity index (χ0n) is 23.6. The maximum atomic E-state index is 12.8. The first-order chi connectivity index (χ1) is 17.2. The van der Waals surface area contributed by atoms with Crippen LogP contribution >= 0.6 is 0 Å². The van der Waals surface area contributed by atoms with Crippen LogP contribution in [-0.4, -0.2) is 11.9 Å². The molecule has 1 N–H and O–H groups in total. The van der Waals surface area contributed by atoms with Gasteiger partial charge in [0.15, 0.2) is 0 Å². The van der Waals surface area contributed by atoms with E-state index in [4.69, 9.17) is 0 Å². The molecule has 3 aliphatic carbocycles. The summed E-state index contributed by atoms with van der Waals surface area (Å²) in [6.45, 7) is 6.80. The van der Waals surface area contributed by atoms with Crippen LogP contribution in [0.4, 0.5) is 0 Å². The van der Waals surface area contributed by atoms with Crippen molar-refractivity contribution in [3.63, 3.8) is 0 Å². The number of carbonyl (C=O) groups excluding carboxylic acids is 1. The highest BCUT2D eigenvalue weighted by molar-refractivity contribution is 5.76. The molecular weight excluding hydrogens is 426 g/mol. The van der Waals surface area contributed by atoms with Gasteiger partial charge < -0.3 is 5.32 Å². The Morgan fingerprint density at radius 3 is 2.34 bits per heavy atom. The fourth-order valence-electron chi connectivity index (χ4n) is 7.38. The molecule has 0 aromatic heterocycles.